The maximum atomic E-state index is 5.46. The third-order valence-corrected chi connectivity index (χ3v) is 3.69. The molecule has 5 heteroatoms. The van der Waals surface area contributed by atoms with Crippen LogP contribution in [0.15, 0.2) is 24.5 Å². The van der Waals surface area contributed by atoms with E-state index in [9.17, 15) is 0 Å². The first-order chi connectivity index (χ1) is 9.28. The van der Waals surface area contributed by atoms with Gasteiger partial charge < -0.3 is 10.1 Å². The summed E-state index contributed by atoms with van der Waals surface area (Å²) in [5, 5.41) is 7.47. The third kappa shape index (κ3) is 2.39. The fourth-order valence-electron chi connectivity index (χ4n) is 2.48. The number of likely N-dealkylation sites (N-methyl/N-ethyl adjacent to an activating group) is 1. The molecule has 2 heterocycles. The molecule has 5 nitrogen and oxygen atoms in total. The number of hydrogen-bond donors (Lipinski definition) is 1. The summed E-state index contributed by atoms with van der Waals surface area (Å²) in [6, 6.07) is 6.82. The van der Waals surface area contributed by atoms with Gasteiger partial charge >= 0.3 is 0 Å². The highest BCUT2D eigenvalue weighted by molar-refractivity contribution is 5.34. The van der Waals surface area contributed by atoms with Gasteiger partial charge in [0.15, 0.2) is 0 Å². The predicted octanol–water partition coefficient (Wildman–Crippen LogP) is 1.35. The molecular weight excluding hydrogens is 240 g/mol. The average molecular weight is 258 g/mol. The molecule has 0 amide bonds. The van der Waals surface area contributed by atoms with Crippen molar-refractivity contribution in [2.24, 2.45) is 7.05 Å². The largest absolute Gasteiger partial charge is 0.372 e. The molecule has 0 saturated heterocycles. The third-order valence-electron chi connectivity index (χ3n) is 3.69. The van der Waals surface area contributed by atoms with E-state index < -0.39 is 0 Å². The number of nitrogens with one attached hydrogen (secondary N) is 1. The molecule has 0 saturated carbocycles. The number of rotatable bonds is 4. The molecule has 0 spiro atoms. The SMILES string of the molecule is CNC(Cc1ncnn1C)c1ccc2c(c1)COC2. The van der Waals surface area contributed by atoms with Gasteiger partial charge in [0.2, 0.25) is 0 Å². The Morgan fingerprint density at radius 3 is 2.95 bits per heavy atom. The number of nitrogens with zero attached hydrogens (tertiary/aromatic N) is 3. The summed E-state index contributed by atoms with van der Waals surface area (Å²) in [6.45, 7) is 1.46. The Hall–Kier alpha value is -1.72. The molecule has 1 atom stereocenters. The van der Waals surface area contributed by atoms with E-state index in [1.165, 1.54) is 16.7 Å². The topological polar surface area (TPSA) is 52.0 Å². The highest BCUT2D eigenvalue weighted by atomic mass is 16.5. The van der Waals surface area contributed by atoms with Crippen molar-refractivity contribution in [3.8, 4) is 0 Å². The Labute approximate surface area is 112 Å². The lowest BCUT2D eigenvalue weighted by molar-refractivity contribution is 0.134. The quantitative estimate of drug-likeness (QED) is 0.899. The Morgan fingerprint density at radius 2 is 2.21 bits per heavy atom. The summed E-state index contributed by atoms with van der Waals surface area (Å²) in [5.41, 5.74) is 3.88. The maximum Gasteiger partial charge on any atom is 0.138 e. The highest BCUT2D eigenvalue weighted by Gasteiger charge is 2.17. The molecule has 0 fully saturated rings. The van der Waals surface area contributed by atoms with Crippen LogP contribution in [0.3, 0.4) is 0 Å². The van der Waals surface area contributed by atoms with Crippen LogP contribution < -0.4 is 5.32 Å². The van der Waals surface area contributed by atoms with Gasteiger partial charge in [0.1, 0.15) is 12.2 Å². The van der Waals surface area contributed by atoms with E-state index >= 15 is 0 Å². The van der Waals surface area contributed by atoms with Crippen LogP contribution in [0.25, 0.3) is 0 Å². The average Bonchev–Trinajstić information content (AvgIpc) is 3.04. The summed E-state index contributed by atoms with van der Waals surface area (Å²) >= 11 is 0. The molecule has 1 unspecified atom stereocenters. The van der Waals surface area contributed by atoms with Crippen LogP contribution in [0, 0.1) is 0 Å². The van der Waals surface area contributed by atoms with Crippen molar-refractivity contribution in [1.82, 2.24) is 20.1 Å². The zero-order valence-electron chi connectivity index (χ0n) is 11.3. The van der Waals surface area contributed by atoms with Crippen LogP contribution in [0.5, 0.6) is 0 Å². The second-order valence-corrected chi connectivity index (χ2v) is 4.87. The molecule has 1 aromatic heterocycles. The molecular formula is C14H18N4O. The van der Waals surface area contributed by atoms with Crippen LogP contribution in [0.1, 0.15) is 28.6 Å². The van der Waals surface area contributed by atoms with E-state index in [2.05, 4.69) is 33.6 Å². The van der Waals surface area contributed by atoms with E-state index in [-0.39, 0.29) is 6.04 Å². The zero-order valence-corrected chi connectivity index (χ0v) is 11.3. The van der Waals surface area contributed by atoms with E-state index in [0.29, 0.717) is 0 Å². The molecule has 3 rings (SSSR count). The van der Waals surface area contributed by atoms with Crippen molar-refractivity contribution >= 4 is 0 Å². The number of benzene rings is 1. The molecule has 0 bridgehead atoms. The maximum absolute atomic E-state index is 5.46. The number of ether oxygens (including phenoxy) is 1. The van der Waals surface area contributed by atoms with E-state index in [1.807, 2.05) is 18.8 Å². The van der Waals surface area contributed by atoms with Crippen molar-refractivity contribution in [2.45, 2.75) is 25.7 Å². The Balaban J connectivity index is 1.84. The minimum absolute atomic E-state index is 0.244. The first-order valence-corrected chi connectivity index (χ1v) is 6.47. The van der Waals surface area contributed by atoms with Crippen molar-refractivity contribution < 1.29 is 4.74 Å². The molecule has 0 radical (unpaired) electrons. The minimum Gasteiger partial charge on any atom is -0.372 e. The van der Waals surface area contributed by atoms with Crippen LogP contribution in [-0.2, 0) is 31.4 Å². The van der Waals surface area contributed by atoms with Crippen molar-refractivity contribution in [2.75, 3.05) is 7.05 Å². The second-order valence-electron chi connectivity index (χ2n) is 4.87. The normalized spacial score (nSPS) is 15.5. The molecule has 19 heavy (non-hydrogen) atoms. The lowest BCUT2D eigenvalue weighted by Crippen LogP contribution is -2.20. The van der Waals surface area contributed by atoms with E-state index in [1.54, 1.807) is 6.33 Å². The summed E-state index contributed by atoms with van der Waals surface area (Å²) < 4.78 is 7.28. The van der Waals surface area contributed by atoms with E-state index in [0.717, 1.165) is 25.5 Å². The van der Waals surface area contributed by atoms with E-state index in [4.69, 9.17) is 4.74 Å². The molecule has 2 aromatic rings. The fraction of sp³-hybridized carbons (Fsp3) is 0.429. The van der Waals surface area contributed by atoms with Crippen molar-refractivity contribution in [3.05, 3.63) is 47.0 Å². The highest BCUT2D eigenvalue weighted by Crippen LogP contribution is 2.25. The Bertz CT molecular complexity index is 579. The van der Waals surface area contributed by atoms with Gasteiger partial charge in [0, 0.05) is 19.5 Å². The van der Waals surface area contributed by atoms with Crippen molar-refractivity contribution in [1.29, 1.82) is 0 Å². The van der Waals surface area contributed by atoms with Gasteiger partial charge in [-0.3, -0.25) is 4.68 Å². The first-order valence-electron chi connectivity index (χ1n) is 6.47. The minimum atomic E-state index is 0.244. The molecule has 1 aliphatic rings. The van der Waals surface area contributed by atoms with Gasteiger partial charge in [0.25, 0.3) is 0 Å². The summed E-state index contributed by atoms with van der Waals surface area (Å²) in [5.74, 6) is 0.982. The monoisotopic (exact) mass is 258 g/mol. The van der Waals surface area contributed by atoms with Crippen LogP contribution in [-0.4, -0.2) is 21.8 Å². The fourth-order valence-corrected chi connectivity index (χ4v) is 2.48. The van der Waals surface area contributed by atoms with Crippen LogP contribution >= 0.6 is 0 Å². The molecule has 1 aromatic carbocycles. The van der Waals surface area contributed by atoms with Gasteiger partial charge in [0.05, 0.1) is 13.2 Å². The lowest BCUT2D eigenvalue weighted by atomic mass is 9.99. The lowest BCUT2D eigenvalue weighted by Gasteiger charge is -2.17. The summed E-state index contributed by atoms with van der Waals surface area (Å²) in [4.78, 5) is 4.29. The molecule has 100 valence electrons. The standard InChI is InChI=1S/C14H18N4O/c1-15-13(6-14-16-9-17-18(14)2)10-3-4-11-7-19-8-12(11)5-10/h3-5,9,13,15H,6-8H2,1-2H3. The summed E-state index contributed by atoms with van der Waals surface area (Å²) in [6.07, 6.45) is 2.42. The molecule has 1 aliphatic heterocycles. The first kappa shape index (κ1) is 12.3. The van der Waals surface area contributed by atoms with Gasteiger partial charge in [-0.15, -0.1) is 0 Å². The van der Waals surface area contributed by atoms with Gasteiger partial charge in [-0.05, 0) is 23.7 Å². The number of aromatic nitrogens is 3. The van der Waals surface area contributed by atoms with Crippen LogP contribution in [0.2, 0.25) is 0 Å². The number of hydrogen-bond acceptors (Lipinski definition) is 4. The Kier molecular flexibility index (Phi) is 3.31. The predicted molar refractivity (Wildman–Crippen MR) is 71.4 cm³/mol. The van der Waals surface area contributed by atoms with Crippen LogP contribution in [0.4, 0.5) is 0 Å². The van der Waals surface area contributed by atoms with Gasteiger partial charge in [-0.25, -0.2) is 4.98 Å². The number of fused-ring (bicyclic) bond motifs is 1. The smallest absolute Gasteiger partial charge is 0.138 e. The van der Waals surface area contributed by atoms with Gasteiger partial charge in [-0.1, -0.05) is 18.2 Å². The zero-order chi connectivity index (χ0) is 13.2. The Morgan fingerprint density at radius 1 is 1.37 bits per heavy atom. The second kappa shape index (κ2) is 5.11. The molecule has 1 N–H and O–H groups in total. The van der Waals surface area contributed by atoms with Crippen molar-refractivity contribution in [3.63, 3.8) is 0 Å². The summed E-state index contributed by atoms with van der Waals surface area (Å²) in [7, 11) is 3.90. The number of aryl methyl sites for hydroxylation is 1. The van der Waals surface area contributed by atoms with Gasteiger partial charge in [-0.2, -0.15) is 5.10 Å². The molecule has 0 aliphatic carbocycles.